The highest BCUT2D eigenvalue weighted by atomic mass is 16.5. The molecule has 1 aliphatic carbocycles. The number of aromatic amines is 1. The zero-order valence-corrected chi connectivity index (χ0v) is 19.8. The number of benzene rings is 1. The topological polar surface area (TPSA) is 76.2 Å². The highest BCUT2D eigenvalue weighted by Crippen LogP contribution is 2.38. The van der Waals surface area contributed by atoms with Crippen molar-refractivity contribution in [3.63, 3.8) is 0 Å². The molecule has 6 nitrogen and oxygen atoms in total. The number of nitrogens with one attached hydrogen (secondary N) is 2. The van der Waals surface area contributed by atoms with Crippen LogP contribution in [0.2, 0.25) is 0 Å². The van der Waals surface area contributed by atoms with Crippen molar-refractivity contribution in [2.75, 3.05) is 26.9 Å². The Labute approximate surface area is 191 Å². The van der Waals surface area contributed by atoms with Crippen LogP contribution in [0.5, 0.6) is 0 Å². The van der Waals surface area contributed by atoms with E-state index in [1.165, 1.54) is 19.1 Å². The van der Waals surface area contributed by atoms with E-state index in [0.717, 1.165) is 55.9 Å². The van der Waals surface area contributed by atoms with E-state index in [4.69, 9.17) is 14.5 Å². The fourth-order valence-corrected chi connectivity index (χ4v) is 5.35. The molecule has 2 heterocycles. The van der Waals surface area contributed by atoms with Crippen molar-refractivity contribution in [2.24, 2.45) is 23.7 Å². The van der Waals surface area contributed by atoms with Crippen molar-refractivity contribution in [3.05, 3.63) is 41.2 Å². The Morgan fingerprint density at radius 3 is 2.81 bits per heavy atom. The summed E-state index contributed by atoms with van der Waals surface area (Å²) in [7, 11) is 1.40. The lowest BCUT2D eigenvalue weighted by atomic mass is 9.69. The molecule has 0 amide bonds. The number of hydrogen-bond acceptors (Lipinski definition) is 5. The lowest BCUT2D eigenvalue weighted by Gasteiger charge is -2.38. The van der Waals surface area contributed by atoms with E-state index in [1.807, 2.05) is 12.1 Å². The molecule has 1 aliphatic heterocycles. The number of ether oxygens (including phenoxy) is 2. The van der Waals surface area contributed by atoms with Crippen LogP contribution in [-0.2, 0) is 15.9 Å². The van der Waals surface area contributed by atoms with E-state index in [2.05, 4.69) is 37.1 Å². The highest BCUT2D eigenvalue weighted by molar-refractivity contribution is 5.93. The number of fused-ring (bicyclic) bond motifs is 1. The fourth-order valence-electron chi connectivity index (χ4n) is 5.35. The van der Waals surface area contributed by atoms with Crippen LogP contribution >= 0.6 is 0 Å². The summed E-state index contributed by atoms with van der Waals surface area (Å²) < 4.78 is 10.3. The second kappa shape index (κ2) is 10.2. The van der Waals surface area contributed by atoms with Crippen molar-refractivity contribution in [3.8, 4) is 0 Å². The molecule has 3 atom stereocenters. The number of carbonyl (C=O) groups is 1. The largest absolute Gasteiger partial charge is 0.465 e. The second-order valence-corrected chi connectivity index (χ2v) is 9.82. The minimum absolute atomic E-state index is 0.325. The Morgan fingerprint density at radius 2 is 2.09 bits per heavy atom. The Morgan fingerprint density at radius 1 is 1.31 bits per heavy atom. The van der Waals surface area contributed by atoms with E-state index < -0.39 is 0 Å². The van der Waals surface area contributed by atoms with Crippen molar-refractivity contribution in [2.45, 2.75) is 52.5 Å². The summed E-state index contributed by atoms with van der Waals surface area (Å²) in [5.41, 5.74) is 3.79. The maximum atomic E-state index is 11.8. The first-order chi connectivity index (χ1) is 15.4. The molecule has 0 saturated carbocycles. The second-order valence-electron chi connectivity index (χ2n) is 9.82. The van der Waals surface area contributed by atoms with Gasteiger partial charge in [0.05, 0.1) is 23.7 Å². The molecular formula is C26H37N3O3. The fraction of sp³-hybridized carbons (Fsp3) is 0.615. The standard InChI is InChI=1S/C26H37N3O3/c1-16(2)22-12-19(17(3)11-20(22)15-27-21-7-9-32-10-8-21)14-25-28-23-6-5-18(26(30)31-4)13-24(23)29-25/h5-6,11,13,16,19-22,27H,7-10,12,14-15H2,1-4H3,(H,28,29). The minimum atomic E-state index is -0.325. The molecule has 1 fully saturated rings. The SMILES string of the molecule is COC(=O)c1ccc2nc(CC3CC(C(C)C)C(CNC4CCOCC4)C=C3C)[nH]c2c1. The van der Waals surface area contributed by atoms with Crippen LogP contribution < -0.4 is 5.32 Å². The summed E-state index contributed by atoms with van der Waals surface area (Å²) in [6.07, 6.45) is 6.84. The predicted octanol–water partition coefficient (Wildman–Crippen LogP) is 4.52. The van der Waals surface area contributed by atoms with E-state index in [0.29, 0.717) is 35.3 Å². The van der Waals surface area contributed by atoms with Gasteiger partial charge in [-0.3, -0.25) is 0 Å². The molecule has 2 aliphatic rings. The normalized spacial score (nSPS) is 24.7. The number of aromatic nitrogens is 2. The minimum Gasteiger partial charge on any atom is -0.465 e. The molecule has 2 aromatic rings. The summed E-state index contributed by atoms with van der Waals surface area (Å²) in [6, 6.07) is 6.08. The molecule has 2 N–H and O–H groups in total. The first-order valence-corrected chi connectivity index (χ1v) is 12.0. The van der Waals surface area contributed by atoms with Crippen molar-refractivity contribution >= 4 is 17.0 Å². The van der Waals surface area contributed by atoms with Gasteiger partial charge in [-0.25, -0.2) is 9.78 Å². The summed E-state index contributed by atoms with van der Waals surface area (Å²) in [6.45, 7) is 9.80. The van der Waals surface area contributed by atoms with Gasteiger partial charge in [0.15, 0.2) is 0 Å². The zero-order valence-electron chi connectivity index (χ0n) is 19.8. The molecule has 0 spiro atoms. The third kappa shape index (κ3) is 5.24. The number of allylic oxidation sites excluding steroid dienone is 1. The number of nitrogens with zero attached hydrogens (tertiary/aromatic N) is 1. The van der Waals surface area contributed by atoms with Crippen LogP contribution in [-0.4, -0.2) is 48.8 Å². The van der Waals surface area contributed by atoms with Gasteiger partial charge in [0.25, 0.3) is 0 Å². The number of esters is 1. The molecule has 0 radical (unpaired) electrons. The zero-order chi connectivity index (χ0) is 22.7. The maximum Gasteiger partial charge on any atom is 0.337 e. The Hall–Kier alpha value is -2.18. The summed E-state index contributed by atoms with van der Waals surface area (Å²) in [4.78, 5) is 20.1. The molecule has 4 rings (SSSR count). The Balaban J connectivity index is 1.46. The quantitative estimate of drug-likeness (QED) is 0.490. The lowest BCUT2D eigenvalue weighted by Crippen LogP contribution is -2.41. The number of hydrogen-bond donors (Lipinski definition) is 2. The van der Waals surface area contributed by atoms with Crippen LogP contribution in [0, 0.1) is 23.7 Å². The van der Waals surface area contributed by atoms with E-state index in [1.54, 1.807) is 6.07 Å². The Bertz CT molecular complexity index is 958. The molecule has 6 heteroatoms. The predicted molar refractivity (Wildman–Crippen MR) is 127 cm³/mol. The number of carbonyl (C=O) groups excluding carboxylic acids is 1. The summed E-state index contributed by atoms with van der Waals surface area (Å²) in [5.74, 6) is 3.03. The molecule has 174 valence electrons. The van der Waals surface area contributed by atoms with Crippen molar-refractivity contribution < 1.29 is 14.3 Å². The van der Waals surface area contributed by atoms with Gasteiger partial charge in [0.1, 0.15) is 5.82 Å². The first-order valence-electron chi connectivity index (χ1n) is 12.0. The molecule has 0 bridgehead atoms. The van der Waals surface area contributed by atoms with Crippen LogP contribution in [0.25, 0.3) is 11.0 Å². The van der Waals surface area contributed by atoms with Gasteiger partial charge in [-0.05, 0) is 68.1 Å². The van der Waals surface area contributed by atoms with Crippen LogP contribution in [0.4, 0.5) is 0 Å². The molecule has 1 aromatic carbocycles. The monoisotopic (exact) mass is 439 g/mol. The van der Waals surface area contributed by atoms with Crippen molar-refractivity contribution in [1.29, 1.82) is 0 Å². The number of H-pyrrole nitrogens is 1. The van der Waals surface area contributed by atoms with Gasteiger partial charge in [-0.1, -0.05) is 25.5 Å². The number of methoxy groups -OCH3 is 1. The molecule has 32 heavy (non-hydrogen) atoms. The van der Waals surface area contributed by atoms with Gasteiger partial charge in [0.2, 0.25) is 0 Å². The Kier molecular flexibility index (Phi) is 7.31. The van der Waals surface area contributed by atoms with Crippen LogP contribution in [0.15, 0.2) is 29.8 Å². The highest BCUT2D eigenvalue weighted by Gasteiger charge is 2.32. The van der Waals surface area contributed by atoms with Crippen molar-refractivity contribution in [1.82, 2.24) is 15.3 Å². The van der Waals surface area contributed by atoms with Crippen LogP contribution in [0.1, 0.15) is 56.2 Å². The van der Waals surface area contributed by atoms with Crippen LogP contribution in [0.3, 0.4) is 0 Å². The third-order valence-corrected chi connectivity index (χ3v) is 7.34. The smallest absolute Gasteiger partial charge is 0.337 e. The number of rotatable bonds is 7. The molecule has 3 unspecified atom stereocenters. The van der Waals surface area contributed by atoms with Gasteiger partial charge >= 0.3 is 5.97 Å². The van der Waals surface area contributed by atoms with Gasteiger partial charge in [-0.2, -0.15) is 0 Å². The summed E-state index contributed by atoms with van der Waals surface area (Å²) in [5, 5.41) is 3.82. The first kappa shape index (κ1) is 23.0. The maximum absolute atomic E-state index is 11.8. The summed E-state index contributed by atoms with van der Waals surface area (Å²) >= 11 is 0. The van der Waals surface area contributed by atoms with E-state index in [9.17, 15) is 4.79 Å². The van der Waals surface area contributed by atoms with Gasteiger partial charge in [0, 0.05) is 32.2 Å². The number of imidazole rings is 1. The van der Waals surface area contributed by atoms with E-state index in [-0.39, 0.29) is 5.97 Å². The molecule has 1 aromatic heterocycles. The average molecular weight is 440 g/mol. The molecular weight excluding hydrogens is 402 g/mol. The lowest BCUT2D eigenvalue weighted by molar-refractivity contribution is 0.0601. The van der Waals surface area contributed by atoms with Gasteiger partial charge < -0.3 is 19.8 Å². The third-order valence-electron chi connectivity index (χ3n) is 7.34. The van der Waals surface area contributed by atoms with Gasteiger partial charge in [-0.15, -0.1) is 0 Å². The average Bonchev–Trinajstić information content (AvgIpc) is 3.20. The molecule has 1 saturated heterocycles. The van der Waals surface area contributed by atoms with E-state index >= 15 is 0 Å².